The van der Waals surface area contributed by atoms with Gasteiger partial charge in [0.2, 0.25) is 0 Å². The van der Waals surface area contributed by atoms with Crippen LogP contribution in [0.25, 0.3) is 0 Å². The van der Waals surface area contributed by atoms with Crippen LogP contribution in [-0.2, 0) is 4.74 Å². The largest absolute Gasteiger partial charge is 0.448 e. The lowest BCUT2D eigenvalue weighted by Gasteiger charge is -2.22. The summed E-state index contributed by atoms with van der Waals surface area (Å²) in [7, 11) is 0. The van der Waals surface area contributed by atoms with E-state index in [-0.39, 0.29) is 6.09 Å². The first-order valence-corrected chi connectivity index (χ1v) is 6.51. The smallest absolute Gasteiger partial charge is 0.407 e. The summed E-state index contributed by atoms with van der Waals surface area (Å²) in [4.78, 5) is 11.5. The molecule has 1 heterocycles. The molecular formula is C12H22N2O2. The predicted molar refractivity (Wildman–Crippen MR) is 62.4 cm³/mol. The molecule has 0 unspecified atom stereocenters. The Bertz CT molecular complexity index is 221. The number of alkyl carbamates (subject to hydrolysis) is 1. The van der Waals surface area contributed by atoms with Crippen LogP contribution in [0.5, 0.6) is 0 Å². The molecule has 1 amide bonds. The minimum atomic E-state index is -0.236. The highest BCUT2D eigenvalue weighted by Gasteiger charge is 2.19. The van der Waals surface area contributed by atoms with Crippen LogP contribution in [0, 0.1) is 0 Å². The van der Waals surface area contributed by atoms with E-state index in [0.29, 0.717) is 18.7 Å². The number of ether oxygens (including phenoxy) is 1. The second kappa shape index (κ2) is 6.09. The minimum absolute atomic E-state index is 0.236. The molecule has 0 spiro atoms. The van der Waals surface area contributed by atoms with Gasteiger partial charge in [-0.15, -0.1) is 0 Å². The van der Waals surface area contributed by atoms with Crippen LogP contribution in [0.3, 0.4) is 0 Å². The summed E-state index contributed by atoms with van der Waals surface area (Å²) in [5, 5.41) is 6.26. The van der Waals surface area contributed by atoms with Crippen molar-refractivity contribution in [3.8, 4) is 0 Å². The topological polar surface area (TPSA) is 50.4 Å². The van der Waals surface area contributed by atoms with Crippen LogP contribution in [0.2, 0.25) is 0 Å². The van der Waals surface area contributed by atoms with Gasteiger partial charge in [-0.25, -0.2) is 4.79 Å². The summed E-state index contributed by atoms with van der Waals surface area (Å²) < 4.78 is 5.22. The van der Waals surface area contributed by atoms with Gasteiger partial charge < -0.3 is 15.4 Å². The molecule has 0 aromatic rings. The monoisotopic (exact) mass is 226 g/mol. The Kier molecular flexibility index (Phi) is 4.45. The van der Waals surface area contributed by atoms with Gasteiger partial charge in [0, 0.05) is 12.1 Å². The standard InChI is InChI=1S/C12H22N2O2/c15-12(14-10-5-2-1-3-6-10)16-9-11-7-4-8-13-11/h10-11,13H,1-9H2,(H,14,15)/t11-/m1/s1. The third-order valence-electron chi connectivity index (χ3n) is 3.51. The van der Waals surface area contributed by atoms with Crippen molar-refractivity contribution >= 4 is 6.09 Å². The molecule has 4 nitrogen and oxygen atoms in total. The molecule has 1 atom stereocenters. The molecule has 1 aliphatic carbocycles. The van der Waals surface area contributed by atoms with Gasteiger partial charge in [0.25, 0.3) is 0 Å². The fraction of sp³-hybridized carbons (Fsp3) is 0.917. The molecule has 1 saturated carbocycles. The van der Waals surface area contributed by atoms with Gasteiger partial charge in [0.1, 0.15) is 6.61 Å². The fourth-order valence-electron chi connectivity index (χ4n) is 2.53. The second-order valence-corrected chi connectivity index (χ2v) is 4.87. The zero-order chi connectivity index (χ0) is 11.2. The molecule has 0 aromatic heterocycles. The van der Waals surface area contributed by atoms with Gasteiger partial charge in [-0.2, -0.15) is 0 Å². The van der Waals surface area contributed by atoms with E-state index in [4.69, 9.17) is 4.74 Å². The van der Waals surface area contributed by atoms with Crippen LogP contribution in [-0.4, -0.2) is 31.3 Å². The van der Waals surface area contributed by atoms with Crippen molar-refractivity contribution in [2.45, 2.75) is 57.0 Å². The molecule has 92 valence electrons. The van der Waals surface area contributed by atoms with Crippen LogP contribution in [0.15, 0.2) is 0 Å². The lowest BCUT2D eigenvalue weighted by atomic mass is 9.96. The van der Waals surface area contributed by atoms with Crippen LogP contribution >= 0.6 is 0 Å². The molecule has 4 heteroatoms. The van der Waals surface area contributed by atoms with Crippen LogP contribution in [0.1, 0.15) is 44.9 Å². The highest BCUT2D eigenvalue weighted by atomic mass is 16.5. The summed E-state index contributed by atoms with van der Waals surface area (Å²) in [6.45, 7) is 1.57. The molecule has 2 fully saturated rings. The predicted octanol–water partition coefficient (Wildman–Crippen LogP) is 1.80. The van der Waals surface area contributed by atoms with E-state index in [1.54, 1.807) is 0 Å². The molecule has 0 radical (unpaired) electrons. The number of carbonyl (C=O) groups is 1. The Hall–Kier alpha value is -0.770. The Morgan fingerprint density at radius 1 is 1.19 bits per heavy atom. The zero-order valence-corrected chi connectivity index (χ0v) is 9.84. The second-order valence-electron chi connectivity index (χ2n) is 4.87. The van der Waals surface area contributed by atoms with Crippen molar-refractivity contribution in [2.24, 2.45) is 0 Å². The van der Waals surface area contributed by atoms with Crippen molar-refractivity contribution in [2.75, 3.05) is 13.2 Å². The van der Waals surface area contributed by atoms with Gasteiger partial charge in [0.05, 0.1) is 0 Å². The normalized spacial score (nSPS) is 26.6. The summed E-state index contributed by atoms with van der Waals surface area (Å²) in [6, 6.07) is 0.717. The van der Waals surface area contributed by atoms with Gasteiger partial charge in [0.15, 0.2) is 0 Å². The molecule has 16 heavy (non-hydrogen) atoms. The molecule has 1 aliphatic heterocycles. The average Bonchev–Trinajstić information content (AvgIpc) is 2.81. The quantitative estimate of drug-likeness (QED) is 0.771. The first-order valence-electron chi connectivity index (χ1n) is 6.51. The minimum Gasteiger partial charge on any atom is -0.448 e. The molecule has 2 aliphatic rings. The average molecular weight is 226 g/mol. The number of hydrogen-bond acceptors (Lipinski definition) is 3. The molecule has 0 aromatic carbocycles. The molecule has 1 saturated heterocycles. The fourth-order valence-corrected chi connectivity index (χ4v) is 2.53. The number of hydrogen-bond donors (Lipinski definition) is 2. The van der Waals surface area contributed by atoms with Gasteiger partial charge in [-0.1, -0.05) is 19.3 Å². The summed E-state index contributed by atoms with van der Waals surface area (Å²) in [6.07, 6.45) is 8.06. The maximum absolute atomic E-state index is 11.5. The number of carbonyl (C=O) groups excluding carboxylic acids is 1. The lowest BCUT2D eigenvalue weighted by molar-refractivity contribution is 0.130. The van der Waals surface area contributed by atoms with Gasteiger partial charge >= 0.3 is 6.09 Å². The van der Waals surface area contributed by atoms with Crippen molar-refractivity contribution in [1.82, 2.24) is 10.6 Å². The SMILES string of the molecule is O=C(NC1CCCCC1)OC[C@H]1CCCN1. The Balaban J connectivity index is 1.59. The van der Waals surface area contributed by atoms with E-state index in [2.05, 4.69) is 10.6 Å². The van der Waals surface area contributed by atoms with E-state index in [1.807, 2.05) is 0 Å². The van der Waals surface area contributed by atoms with E-state index < -0.39 is 0 Å². The highest BCUT2D eigenvalue weighted by Crippen LogP contribution is 2.17. The molecule has 2 N–H and O–H groups in total. The van der Waals surface area contributed by atoms with E-state index in [9.17, 15) is 4.79 Å². The van der Waals surface area contributed by atoms with E-state index in [1.165, 1.54) is 25.7 Å². The third-order valence-corrected chi connectivity index (χ3v) is 3.51. The Morgan fingerprint density at radius 2 is 2.00 bits per heavy atom. The van der Waals surface area contributed by atoms with E-state index >= 15 is 0 Å². The van der Waals surface area contributed by atoms with Gasteiger partial charge in [-0.05, 0) is 32.2 Å². The third kappa shape index (κ3) is 3.67. The Labute approximate surface area is 97.1 Å². The van der Waals surface area contributed by atoms with E-state index in [0.717, 1.165) is 25.8 Å². The molecule has 0 bridgehead atoms. The maximum atomic E-state index is 11.5. The van der Waals surface area contributed by atoms with Crippen molar-refractivity contribution in [1.29, 1.82) is 0 Å². The maximum Gasteiger partial charge on any atom is 0.407 e. The van der Waals surface area contributed by atoms with Crippen molar-refractivity contribution in [3.63, 3.8) is 0 Å². The van der Waals surface area contributed by atoms with Crippen molar-refractivity contribution < 1.29 is 9.53 Å². The zero-order valence-electron chi connectivity index (χ0n) is 9.84. The summed E-state index contributed by atoms with van der Waals surface area (Å²) in [5.41, 5.74) is 0. The van der Waals surface area contributed by atoms with Crippen molar-refractivity contribution in [3.05, 3.63) is 0 Å². The molecular weight excluding hydrogens is 204 g/mol. The first kappa shape index (κ1) is 11.7. The number of rotatable bonds is 3. The summed E-state index contributed by atoms with van der Waals surface area (Å²) in [5.74, 6) is 0. The molecule has 2 rings (SSSR count). The lowest BCUT2D eigenvalue weighted by Crippen LogP contribution is -2.38. The van der Waals surface area contributed by atoms with Crippen LogP contribution in [0.4, 0.5) is 4.79 Å². The Morgan fingerprint density at radius 3 is 2.69 bits per heavy atom. The highest BCUT2D eigenvalue weighted by molar-refractivity contribution is 5.67. The first-order chi connectivity index (χ1) is 7.84. The number of amides is 1. The van der Waals surface area contributed by atoms with Gasteiger partial charge in [-0.3, -0.25) is 0 Å². The number of nitrogens with one attached hydrogen (secondary N) is 2. The van der Waals surface area contributed by atoms with Crippen LogP contribution < -0.4 is 10.6 Å². The summed E-state index contributed by atoms with van der Waals surface area (Å²) >= 11 is 0.